The van der Waals surface area contributed by atoms with Crippen molar-refractivity contribution in [2.45, 2.75) is 6.92 Å². The molecule has 23 heavy (non-hydrogen) atoms. The molecule has 0 atom stereocenters. The Kier molecular flexibility index (Phi) is 7.29. The molecule has 0 radical (unpaired) electrons. The molecule has 0 saturated carbocycles. The third-order valence-corrected chi connectivity index (χ3v) is 3.57. The number of hydrogen-bond donors (Lipinski definition) is 0. The molecule has 0 heteroatoms. The summed E-state index contributed by atoms with van der Waals surface area (Å²) in [6, 6.07) is 0. The van der Waals surface area contributed by atoms with E-state index in [1.54, 1.807) is 18.2 Å². The van der Waals surface area contributed by atoms with Crippen LogP contribution in [0.3, 0.4) is 0 Å². The fraction of sp³-hybridized carbons (Fsp3) is 0.0435. The van der Waals surface area contributed by atoms with Crippen molar-refractivity contribution in [2.75, 3.05) is 0 Å². The van der Waals surface area contributed by atoms with Gasteiger partial charge in [-0.2, -0.15) is 0 Å². The zero-order valence-corrected chi connectivity index (χ0v) is 13.9. The molecule has 1 aromatic carbocycles. The zero-order chi connectivity index (χ0) is 17.2. The van der Waals surface area contributed by atoms with Gasteiger partial charge < -0.3 is 0 Å². The quantitative estimate of drug-likeness (QED) is 0.459. The standard InChI is InChI=1S/C23H24/c1-7-12-15-21-18(6)19(10-4)22(16-13-8-2)20(11-5)23(21)17-14-9-3/h7-17H,1-5H2,6H3/b15-12-,16-13-,17-14-. The minimum Gasteiger partial charge on any atom is -0.0991 e. The maximum atomic E-state index is 4.00. The summed E-state index contributed by atoms with van der Waals surface area (Å²) in [5.41, 5.74) is 6.64. The topological polar surface area (TPSA) is 0 Å². The average molecular weight is 300 g/mol. The summed E-state index contributed by atoms with van der Waals surface area (Å²) < 4.78 is 0. The average Bonchev–Trinajstić information content (AvgIpc) is 2.56. The van der Waals surface area contributed by atoms with Gasteiger partial charge in [-0.3, -0.25) is 0 Å². The highest BCUT2D eigenvalue weighted by Gasteiger charge is 2.14. The van der Waals surface area contributed by atoms with Crippen LogP contribution in [-0.4, -0.2) is 0 Å². The summed E-state index contributed by atoms with van der Waals surface area (Å²) in [7, 11) is 0. The van der Waals surface area contributed by atoms with E-state index in [-0.39, 0.29) is 0 Å². The Morgan fingerprint density at radius 2 is 0.913 bits per heavy atom. The van der Waals surface area contributed by atoms with E-state index in [2.05, 4.69) is 52.0 Å². The fourth-order valence-corrected chi connectivity index (χ4v) is 2.53. The van der Waals surface area contributed by atoms with Crippen molar-refractivity contribution < 1.29 is 0 Å². The van der Waals surface area contributed by atoms with Gasteiger partial charge >= 0.3 is 0 Å². The van der Waals surface area contributed by atoms with Gasteiger partial charge in [-0.25, -0.2) is 0 Å². The highest BCUT2D eigenvalue weighted by Crippen LogP contribution is 2.33. The van der Waals surface area contributed by atoms with Gasteiger partial charge in [-0.15, -0.1) is 0 Å². The molecule has 0 aromatic heterocycles. The largest absolute Gasteiger partial charge is 0.0991 e. The van der Waals surface area contributed by atoms with E-state index in [4.69, 9.17) is 0 Å². The maximum Gasteiger partial charge on any atom is -0.0103 e. The normalized spacial score (nSPS) is 11.2. The van der Waals surface area contributed by atoms with Crippen molar-refractivity contribution in [3.05, 3.63) is 103 Å². The van der Waals surface area contributed by atoms with Crippen molar-refractivity contribution in [1.82, 2.24) is 0 Å². The molecule has 0 aliphatic rings. The van der Waals surface area contributed by atoms with E-state index < -0.39 is 0 Å². The van der Waals surface area contributed by atoms with Crippen molar-refractivity contribution in [3.8, 4) is 0 Å². The first kappa shape index (κ1) is 18.2. The molecule has 0 aliphatic carbocycles. The van der Waals surface area contributed by atoms with Crippen LogP contribution in [0.25, 0.3) is 30.4 Å². The van der Waals surface area contributed by atoms with Crippen molar-refractivity contribution in [3.63, 3.8) is 0 Å². The first-order chi connectivity index (χ1) is 11.2. The van der Waals surface area contributed by atoms with Crippen LogP contribution in [0.5, 0.6) is 0 Å². The lowest BCUT2D eigenvalue weighted by Gasteiger charge is -2.18. The minimum absolute atomic E-state index is 1.06. The van der Waals surface area contributed by atoms with Gasteiger partial charge in [0.25, 0.3) is 0 Å². The molecule has 0 fully saturated rings. The van der Waals surface area contributed by atoms with Crippen molar-refractivity contribution in [2.24, 2.45) is 0 Å². The van der Waals surface area contributed by atoms with Gasteiger partial charge in [0.05, 0.1) is 0 Å². The molecule has 1 rings (SSSR count). The zero-order valence-electron chi connectivity index (χ0n) is 13.9. The first-order valence-electron chi connectivity index (χ1n) is 7.48. The number of allylic oxidation sites excluding steroid dienone is 6. The summed E-state index contributed by atoms with van der Waals surface area (Å²) in [5, 5.41) is 0. The predicted molar refractivity (Wildman–Crippen MR) is 109 cm³/mol. The van der Waals surface area contributed by atoms with Crippen molar-refractivity contribution >= 4 is 30.4 Å². The van der Waals surface area contributed by atoms with E-state index in [9.17, 15) is 0 Å². The molecule has 116 valence electrons. The SMILES string of the molecule is C=C/C=C\c1c(C=C)c(C)c(/C=C\C=C)c(/C=C\C=C)c1C=C. The predicted octanol–water partition coefficient (Wildman–Crippen LogP) is 6.88. The molecule has 0 nitrogen and oxygen atoms in total. The second-order valence-corrected chi connectivity index (χ2v) is 4.89. The highest BCUT2D eigenvalue weighted by molar-refractivity contribution is 5.86. The Bertz CT molecular complexity index is 719. The Morgan fingerprint density at radius 1 is 0.522 bits per heavy atom. The molecule has 0 amide bonds. The smallest absolute Gasteiger partial charge is 0.0103 e. The van der Waals surface area contributed by atoms with E-state index in [0.29, 0.717) is 0 Å². The second kappa shape index (κ2) is 9.22. The van der Waals surface area contributed by atoms with Gasteiger partial charge in [0.1, 0.15) is 0 Å². The molecule has 0 saturated heterocycles. The summed E-state index contributed by atoms with van der Waals surface area (Å²) in [4.78, 5) is 0. The molecule has 0 bridgehead atoms. The molecular weight excluding hydrogens is 276 g/mol. The molecule has 0 aliphatic heterocycles. The summed E-state index contributed by atoms with van der Waals surface area (Å²) in [6.45, 7) is 21.3. The van der Waals surface area contributed by atoms with Gasteiger partial charge in [0.2, 0.25) is 0 Å². The lowest BCUT2D eigenvalue weighted by atomic mass is 9.86. The first-order valence-corrected chi connectivity index (χ1v) is 7.48. The van der Waals surface area contributed by atoms with Gasteiger partial charge in [0.15, 0.2) is 0 Å². The second-order valence-electron chi connectivity index (χ2n) is 4.89. The number of benzene rings is 1. The molecule has 1 aromatic rings. The monoisotopic (exact) mass is 300 g/mol. The van der Waals surface area contributed by atoms with Crippen molar-refractivity contribution in [1.29, 1.82) is 0 Å². The van der Waals surface area contributed by atoms with Gasteiger partial charge in [-0.1, -0.05) is 99.7 Å². The van der Waals surface area contributed by atoms with Crippen LogP contribution in [0.4, 0.5) is 0 Å². The maximum absolute atomic E-state index is 4.00. The minimum atomic E-state index is 1.06. The Balaban J connectivity index is 3.97. The van der Waals surface area contributed by atoms with Crippen LogP contribution >= 0.6 is 0 Å². The summed E-state index contributed by atoms with van der Waals surface area (Å²) in [6.07, 6.45) is 21.0. The van der Waals surface area contributed by atoms with Gasteiger partial charge in [0, 0.05) is 0 Å². The van der Waals surface area contributed by atoms with E-state index >= 15 is 0 Å². The molecule has 0 unspecified atom stereocenters. The highest BCUT2D eigenvalue weighted by atomic mass is 14.2. The van der Waals surface area contributed by atoms with Gasteiger partial charge in [-0.05, 0) is 40.3 Å². The fourth-order valence-electron chi connectivity index (χ4n) is 2.53. The Hall–Kier alpha value is -2.86. The van der Waals surface area contributed by atoms with Crippen LogP contribution in [0.15, 0.2) is 69.4 Å². The van der Waals surface area contributed by atoms with E-state index in [1.807, 2.05) is 36.5 Å². The third kappa shape index (κ3) is 4.08. The Labute approximate surface area is 140 Å². The summed E-state index contributed by atoms with van der Waals surface area (Å²) >= 11 is 0. The third-order valence-electron chi connectivity index (χ3n) is 3.57. The summed E-state index contributed by atoms with van der Waals surface area (Å²) in [5.74, 6) is 0. The van der Waals surface area contributed by atoms with E-state index in [0.717, 1.165) is 33.4 Å². The lowest BCUT2D eigenvalue weighted by Crippen LogP contribution is -2.00. The molecular formula is C23H24. The van der Waals surface area contributed by atoms with Crippen LogP contribution in [0.1, 0.15) is 33.4 Å². The molecule has 0 heterocycles. The Morgan fingerprint density at radius 3 is 1.30 bits per heavy atom. The van der Waals surface area contributed by atoms with Crippen LogP contribution in [0.2, 0.25) is 0 Å². The van der Waals surface area contributed by atoms with Crippen LogP contribution in [-0.2, 0) is 0 Å². The van der Waals surface area contributed by atoms with Crippen LogP contribution < -0.4 is 0 Å². The number of hydrogen-bond acceptors (Lipinski definition) is 0. The number of rotatable bonds is 8. The van der Waals surface area contributed by atoms with E-state index in [1.165, 1.54) is 0 Å². The molecule has 0 N–H and O–H groups in total. The molecule has 0 spiro atoms. The lowest BCUT2D eigenvalue weighted by molar-refractivity contribution is 1.37. The van der Waals surface area contributed by atoms with Crippen LogP contribution in [0, 0.1) is 6.92 Å².